The lowest BCUT2D eigenvalue weighted by molar-refractivity contribution is 0.0798. The highest BCUT2D eigenvalue weighted by atomic mass is 79.9. The third-order valence-electron chi connectivity index (χ3n) is 2.64. The van der Waals surface area contributed by atoms with E-state index in [4.69, 9.17) is 0 Å². The molecule has 0 bridgehead atoms. The van der Waals surface area contributed by atoms with Gasteiger partial charge in [-0.3, -0.25) is 4.79 Å². The second kappa shape index (κ2) is 4.66. The van der Waals surface area contributed by atoms with E-state index in [0.717, 1.165) is 30.8 Å². The number of rotatable bonds is 2. The Kier molecular flexibility index (Phi) is 3.46. The summed E-state index contributed by atoms with van der Waals surface area (Å²) in [7, 11) is 0. The molecule has 0 aromatic carbocycles. The first-order valence-corrected chi connectivity index (χ1v) is 6.96. The first-order chi connectivity index (χ1) is 7.20. The molecule has 2 heterocycles. The van der Waals surface area contributed by atoms with Crippen molar-refractivity contribution in [1.29, 1.82) is 0 Å². The van der Waals surface area contributed by atoms with Crippen LogP contribution in [0.2, 0.25) is 0 Å². The molecule has 0 radical (unpaired) electrons. The van der Waals surface area contributed by atoms with Crippen molar-refractivity contribution in [3.05, 3.63) is 21.9 Å². The minimum atomic E-state index is 0.196. The summed E-state index contributed by atoms with van der Waals surface area (Å²) in [6, 6.07) is 4.01. The fourth-order valence-electron chi connectivity index (χ4n) is 1.74. The van der Waals surface area contributed by atoms with Crippen molar-refractivity contribution in [3.8, 4) is 0 Å². The number of hydrogen-bond acceptors (Lipinski definition) is 2. The van der Waals surface area contributed by atoms with E-state index in [1.165, 1.54) is 4.88 Å². The van der Waals surface area contributed by atoms with Crippen molar-refractivity contribution in [2.45, 2.75) is 24.6 Å². The van der Waals surface area contributed by atoms with E-state index in [-0.39, 0.29) is 5.91 Å². The van der Waals surface area contributed by atoms with Crippen molar-refractivity contribution < 1.29 is 4.79 Å². The number of amides is 1. The van der Waals surface area contributed by atoms with Crippen LogP contribution in [-0.2, 0) is 6.42 Å². The molecule has 0 aliphatic carbocycles. The Balaban J connectivity index is 2.07. The number of halogens is 1. The van der Waals surface area contributed by atoms with Crippen LogP contribution in [0, 0.1) is 0 Å². The normalized spacial score (nSPS) is 20.9. The maximum absolute atomic E-state index is 12.0. The van der Waals surface area contributed by atoms with Gasteiger partial charge >= 0.3 is 0 Å². The Bertz CT molecular complexity index is 363. The molecule has 1 fully saturated rings. The summed E-state index contributed by atoms with van der Waals surface area (Å²) < 4.78 is 0. The first kappa shape index (κ1) is 11.1. The Hall–Kier alpha value is -0.350. The molecule has 2 nitrogen and oxygen atoms in total. The molecule has 1 unspecified atom stereocenters. The molecule has 0 spiro atoms. The Morgan fingerprint density at radius 1 is 1.67 bits per heavy atom. The number of thiophene rings is 1. The number of aryl methyl sites for hydroxylation is 1. The zero-order valence-electron chi connectivity index (χ0n) is 8.70. The molecular weight excluding hydrogens is 274 g/mol. The van der Waals surface area contributed by atoms with Crippen LogP contribution in [0.4, 0.5) is 0 Å². The topological polar surface area (TPSA) is 20.3 Å². The highest BCUT2D eigenvalue weighted by Gasteiger charge is 2.25. The zero-order valence-corrected chi connectivity index (χ0v) is 11.1. The van der Waals surface area contributed by atoms with E-state index in [0.29, 0.717) is 4.83 Å². The van der Waals surface area contributed by atoms with Gasteiger partial charge in [0.25, 0.3) is 5.91 Å². The minimum Gasteiger partial charge on any atom is -0.337 e. The van der Waals surface area contributed by atoms with Gasteiger partial charge in [0.1, 0.15) is 0 Å². The van der Waals surface area contributed by atoms with Crippen LogP contribution < -0.4 is 0 Å². The van der Waals surface area contributed by atoms with E-state index in [1.54, 1.807) is 11.3 Å². The van der Waals surface area contributed by atoms with Gasteiger partial charge in [0.05, 0.1) is 4.88 Å². The molecule has 1 aliphatic heterocycles. The van der Waals surface area contributed by atoms with Gasteiger partial charge in [0, 0.05) is 22.8 Å². The molecule has 1 aromatic rings. The Morgan fingerprint density at radius 2 is 2.47 bits per heavy atom. The molecule has 1 amide bonds. The molecule has 1 aliphatic rings. The molecule has 82 valence electrons. The van der Waals surface area contributed by atoms with Crippen molar-refractivity contribution in [1.82, 2.24) is 4.90 Å². The van der Waals surface area contributed by atoms with Crippen molar-refractivity contribution in [2.24, 2.45) is 0 Å². The summed E-state index contributed by atoms with van der Waals surface area (Å²) >= 11 is 5.17. The smallest absolute Gasteiger partial charge is 0.263 e. The van der Waals surface area contributed by atoms with E-state index in [1.807, 2.05) is 11.0 Å². The van der Waals surface area contributed by atoms with Gasteiger partial charge in [0.15, 0.2) is 0 Å². The van der Waals surface area contributed by atoms with Crippen molar-refractivity contribution >= 4 is 33.2 Å². The van der Waals surface area contributed by atoms with E-state index in [2.05, 4.69) is 28.9 Å². The lowest BCUT2D eigenvalue weighted by Crippen LogP contribution is -2.27. The minimum absolute atomic E-state index is 0.196. The number of alkyl halides is 1. The number of carbonyl (C=O) groups is 1. The molecule has 1 atom stereocenters. The standard InChI is InChI=1S/C11H14BrNOS/c1-2-9-3-4-10(15-9)11(14)13-6-5-8(12)7-13/h3-4,8H,2,5-7H2,1H3. The molecule has 1 aromatic heterocycles. The predicted molar refractivity (Wildman–Crippen MR) is 66.9 cm³/mol. The molecule has 1 saturated heterocycles. The van der Waals surface area contributed by atoms with Gasteiger partial charge < -0.3 is 4.90 Å². The van der Waals surface area contributed by atoms with Crippen LogP contribution in [0.15, 0.2) is 12.1 Å². The molecule has 0 saturated carbocycles. The highest BCUT2D eigenvalue weighted by molar-refractivity contribution is 9.09. The second-order valence-electron chi connectivity index (χ2n) is 3.76. The third kappa shape index (κ3) is 2.42. The van der Waals surface area contributed by atoms with E-state index in [9.17, 15) is 4.79 Å². The van der Waals surface area contributed by atoms with Gasteiger partial charge in [-0.2, -0.15) is 0 Å². The summed E-state index contributed by atoms with van der Waals surface area (Å²) in [6.45, 7) is 3.84. The SMILES string of the molecule is CCc1ccc(C(=O)N2CCC(Br)C2)s1. The first-order valence-electron chi connectivity index (χ1n) is 5.22. The number of hydrogen-bond donors (Lipinski definition) is 0. The fourth-order valence-corrected chi connectivity index (χ4v) is 3.21. The summed E-state index contributed by atoms with van der Waals surface area (Å²) in [5.74, 6) is 0.196. The molecule has 2 rings (SSSR count). The Morgan fingerprint density at radius 3 is 3.00 bits per heavy atom. The zero-order chi connectivity index (χ0) is 10.8. The summed E-state index contributed by atoms with van der Waals surface area (Å²) in [4.78, 5) is 16.6. The molecule has 15 heavy (non-hydrogen) atoms. The maximum Gasteiger partial charge on any atom is 0.263 e. The van der Waals surface area contributed by atoms with Crippen LogP contribution in [0.5, 0.6) is 0 Å². The highest BCUT2D eigenvalue weighted by Crippen LogP contribution is 2.23. The maximum atomic E-state index is 12.0. The monoisotopic (exact) mass is 287 g/mol. The number of nitrogens with zero attached hydrogens (tertiary/aromatic N) is 1. The van der Waals surface area contributed by atoms with Crippen LogP contribution in [0.25, 0.3) is 0 Å². The average Bonchev–Trinajstić information content (AvgIpc) is 2.84. The van der Waals surface area contributed by atoms with Gasteiger partial charge in [-0.25, -0.2) is 0 Å². The molecule has 4 heteroatoms. The van der Waals surface area contributed by atoms with Crippen LogP contribution >= 0.6 is 27.3 Å². The summed E-state index contributed by atoms with van der Waals surface area (Å²) in [6.07, 6.45) is 2.08. The number of carbonyl (C=O) groups excluding carboxylic acids is 1. The fraction of sp³-hybridized carbons (Fsp3) is 0.545. The van der Waals surface area contributed by atoms with Crippen LogP contribution in [0.3, 0.4) is 0 Å². The second-order valence-corrected chi connectivity index (χ2v) is 6.22. The van der Waals surface area contributed by atoms with Crippen LogP contribution in [0.1, 0.15) is 27.9 Å². The van der Waals surface area contributed by atoms with Crippen molar-refractivity contribution in [2.75, 3.05) is 13.1 Å². The lowest BCUT2D eigenvalue weighted by Gasteiger charge is -2.13. The van der Waals surface area contributed by atoms with Gasteiger partial charge in [-0.05, 0) is 25.0 Å². The van der Waals surface area contributed by atoms with E-state index >= 15 is 0 Å². The van der Waals surface area contributed by atoms with Gasteiger partial charge in [-0.15, -0.1) is 11.3 Å². The summed E-state index contributed by atoms with van der Waals surface area (Å²) in [5, 5.41) is 0. The van der Waals surface area contributed by atoms with Gasteiger partial charge in [-0.1, -0.05) is 22.9 Å². The predicted octanol–water partition coefficient (Wildman–Crippen LogP) is 2.92. The molecular formula is C11H14BrNOS. The lowest BCUT2D eigenvalue weighted by atomic mass is 10.3. The molecule has 0 N–H and O–H groups in total. The van der Waals surface area contributed by atoms with Crippen LogP contribution in [-0.4, -0.2) is 28.7 Å². The largest absolute Gasteiger partial charge is 0.337 e. The average molecular weight is 288 g/mol. The number of likely N-dealkylation sites (tertiary alicyclic amines) is 1. The van der Waals surface area contributed by atoms with Gasteiger partial charge in [0.2, 0.25) is 0 Å². The van der Waals surface area contributed by atoms with Crippen molar-refractivity contribution in [3.63, 3.8) is 0 Å². The quantitative estimate of drug-likeness (QED) is 0.766. The third-order valence-corrected chi connectivity index (χ3v) is 4.60. The summed E-state index contributed by atoms with van der Waals surface area (Å²) in [5.41, 5.74) is 0. The Labute approximate surface area is 102 Å². The van der Waals surface area contributed by atoms with E-state index < -0.39 is 0 Å².